The molecule has 124 valence electrons. The van der Waals surface area contributed by atoms with E-state index < -0.39 is 11.9 Å². The summed E-state index contributed by atoms with van der Waals surface area (Å²) in [6.07, 6.45) is 2.36. The van der Waals surface area contributed by atoms with Gasteiger partial charge in [-0.2, -0.15) is 0 Å². The predicted octanol–water partition coefficient (Wildman–Crippen LogP) is 2.98. The van der Waals surface area contributed by atoms with Gasteiger partial charge in [0.05, 0.1) is 6.54 Å². The Hall–Kier alpha value is -1.62. The summed E-state index contributed by atoms with van der Waals surface area (Å²) in [6.45, 7) is 6.50. The van der Waals surface area contributed by atoms with Crippen LogP contribution in [0.5, 0.6) is 0 Å². The van der Waals surface area contributed by atoms with E-state index in [1.54, 1.807) is 18.2 Å². The van der Waals surface area contributed by atoms with E-state index in [0.29, 0.717) is 5.92 Å². The van der Waals surface area contributed by atoms with Crippen LogP contribution in [0.4, 0.5) is 4.39 Å². The number of rotatable bonds is 8. The number of benzene rings is 1. The average molecular weight is 309 g/mol. The van der Waals surface area contributed by atoms with Crippen molar-refractivity contribution in [3.05, 3.63) is 35.6 Å². The van der Waals surface area contributed by atoms with Crippen molar-refractivity contribution in [2.24, 2.45) is 16.6 Å². The van der Waals surface area contributed by atoms with Crippen molar-refractivity contribution >= 4 is 5.96 Å². The second kappa shape index (κ2) is 9.41. The third kappa shape index (κ3) is 6.89. The van der Waals surface area contributed by atoms with Crippen LogP contribution in [0.3, 0.4) is 0 Å². The van der Waals surface area contributed by atoms with Crippen LogP contribution in [0.2, 0.25) is 0 Å². The number of hydrogen-bond donors (Lipinski definition) is 3. The minimum Gasteiger partial charge on any atom is -0.386 e. The molecule has 0 aliphatic carbocycles. The number of aliphatic hydroxyl groups excluding tert-OH is 1. The van der Waals surface area contributed by atoms with Gasteiger partial charge >= 0.3 is 0 Å². The second-order valence-electron chi connectivity index (χ2n) is 6.13. The molecule has 0 bridgehead atoms. The summed E-state index contributed by atoms with van der Waals surface area (Å²) in [5.74, 6) is 0.556. The van der Waals surface area contributed by atoms with Gasteiger partial charge in [-0.1, -0.05) is 44.9 Å². The van der Waals surface area contributed by atoms with E-state index in [4.69, 9.17) is 5.73 Å². The molecule has 1 aromatic carbocycles. The van der Waals surface area contributed by atoms with E-state index in [1.807, 2.05) is 0 Å². The number of nitrogens with two attached hydrogens (primary N) is 1. The summed E-state index contributed by atoms with van der Waals surface area (Å²) in [5, 5.41) is 13.1. The molecule has 0 aliphatic rings. The molecular formula is C17H28FN3O. The molecule has 2 atom stereocenters. The Bertz CT molecular complexity index is 477. The summed E-state index contributed by atoms with van der Waals surface area (Å²) in [6, 6.07) is 6.37. The first kappa shape index (κ1) is 18.4. The lowest BCUT2D eigenvalue weighted by atomic mass is 10.0. The number of nitrogens with zero attached hydrogens (tertiary/aromatic N) is 1. The summed E-state index contributed by atoms with van der Waals surface area (Å²) in [4.78, 5) is 4.09. The lowest BCUT2D eigenvalue weighted by molar-refractivity contribution is 0.182. The third-order valence-corrected chi connectivity index (χ3v) is 3.51. The van der Waals surface area contributed by atoms with E-state index >= 15 is 0 Å². The van der Waals surface area contributed by atoms with Crippen molar-refractivity contribution in [2.45, 2.75) is 52.2 Å². The molecule has 1 rings (SSSR count). The van der Waals surface area contributed by atoms with E-state index in [2.05, 4.69) is 31.1 Å². The number of aliphatic hydroxyl groups is 1. The van der Waals surface area contributed by atoms with Crippen molar-refractivity contribution in [1.29, 1.82) is 0 Å². The molecule has 0 saturated carbocycles. The van der Waals surface area contributed by atoms with Crippen LogP contribution in [0, 0.1) is 11.7 Å². The van der Waals surface area contributed by atoms with Crippen LogP contribution < -0.4 is 11.1 Å². The largest absolute Gasteiger partial charge is 0.386 e. The fraction of sp³-hybridized carbons (Fsp3) is 0.588. The van der Waals surface area contributed by atoms with E-state index in [9.17, 15) is 9.50 Å². The first-order valence-corrected chi connectivity index (χ1v) is 7.89. The van der Waals surface area contributed by atoms with Gasteiger partial charge < -0.3 is 16.2 Å². The van der Waals surface area contributed by atoms with Crippen LogP contribution in [-0.2, 0) is 0 Å². The summed E-state index contributed by atoms with van der Waals surface area (Å²) in [7, 11) is 0. The Morgan fingerprint density at radius 3 is 2.59 bits per heavy atom. The molecule has 0 saturated heterocycles. The topological polar surface area (TPSA) is 70.6 Å². The van der Waals surface area contributed by atoms with Gasteiger partial charge in [-0.3, -0.25) is 4.99 Å². The lowest BCUT2D eigenvalue weighted by Gasteiger charge is -2.16. The zero-order valence-corrected chi connectivity index (χ0v) is 13.7. The highest BCUT2D eigenvalue weighted by Gasteiger charge is 2.12. The third-order valence-electron chi connectivity index (χ3n) is 3.51. The summed E-state index contributed by atoms with van der Waals surface area (Å²) < 4.78 is 13.5. The van der Waals surface area contributed by atoms with Gasteiger partial charge in [-0.15, -0.1) is 0 Å². The Kier molecular flexibility index (Phi) is 7.88. The maximum atomic E-state index is 13.5. The number of hydrogen-bond acceptors (Lipinski definition) is 2. The minimum absolute atomic E-state index is 0.0402. The standard InChI is InChI=1S/C17H28FN3O/c1-12(2)7-6-8-13(3)21-17(19)20-11-16(22)14-9-4-5-10-15(14)18/h4-5,9-10,12-13,16,22H,6-8,11H2,1-3H3,(H3,19,20,21). The average Bonchev–Trinajstić information content (AvgIpc) is 2.44. The molecule has 1 aromatic rings. The first-order valence-electron chi connectivity index (χ1n) is 7.89. The van der Waals surface area contributed by atoms with Crippen LogP contribution in [0.1, 0.15) is 51.7 Å². The van der Waals surface area contributed by atoms with Gasteiger partial charge in [0.15, 0.2) is 5.96 Å². The molecule has 2 unspecified atom stereocenters. The van der Waals surface area contributed by atoms with Crippen molar-refractivity contribution in [3.8, 4) is 0 Å². The van der Waals surface area contributed by atoms with Gasteiger partial charge in [0.25, 0.3) is 0 Å². The number of halogens is 1. The molecule has 0 aliphatic heterocycles. The minimum atomic E-state index is -0.988. The van der Waals surface area contributed by atoms with E-state index in [-0.39, 0.29) is 24.1 Å². The molecule has 4 N–H and O–H groups in total. The molecule has 0 amide bonds. The Balaban J connectivity index is 2.40. The second-order valence-corrected chi connectivity index (χ2v) is 6.13. The molecule has 4 nitrogen and oxygen atoms in total. The Morgan fingerprint density at radius 2 is 1.95 bits per heavy atom. The van der Waals surface area contributed by atoms with Crippen molar-refractivity contribution in [1.82, 2.24) is 5.32 Å². The van der Waals surface area contributed by atoms with Gasteiger partial charge in [-0.25, -0.2) is 4.39 Å². The van der Waals surface area contributed by atoms with Crippen LogP contribution >= 0.6 is 0 Å². The molecule has 0 aromatic heterocycles. The van der Waals surface area contributed by atoms with Gasteiger partial charge in [0, 0.05) is 11.6 Å². The number of guanidine groups is 1. The van der Waals surface area contributed by atoms with Gasteiger partial charge in [-0.05, 0) is 25.3 Å². The van der Waals surface area contributed by atoms with Crippen LogP contribution in [-0.4, -0.2) is 23.7 Å². The van der Waals surface area contributed by atoms with Crippen molar-refractivity contribution in [3.63, 3.8) is 0 Å². The van der Waals surface area contributed by atoms with Gasteiger partial charge in [0.2, 0.25) is 0 Å². The first-order chi connectivity index (χ1) is 10.4. The molecule has 0 fully saturated rings. The molecule has 0 heterocycles. The zero-order chi connectivity index (χ0) is 16.5. The highest BCUT2D eigenvalue weighted by Crippen LogP contribution is 2.16. The monoisotopic (exact) mass is 309 g/mol. The quantitative estimate of drug-likeness (QED) is 0.511. The molecule has 0 radical (unpaired) electrons. The molecule has 22 heavy (non-hydrogen) atoms. The zero-order valence-electron chi connectivity index (χ0n) is 13.7. The number of aliphatic imine (C=N–C) groups is 1. The smallest absolute Gasteiger partial charge is 0.188 e. The summed E-state index contributed by atoms with van der Waals surface area (Å²) >= 11 is 0. The fourth-order valence-corrected chi connectivity index (χ4v) is 2.23. The predicted molar refractivity (Wildman–Crippen MR) is 89.1 cm³/mol. The van der Waals surface area contributed by atoms with Gasteiger partial charge in [0.1, 0.15) is 11.9 Å². The maximum Gasteiger partial charge on any atom is 0.188 e. The molecule has 5 heteroatoms. The lowest BCUT2D eigenvalue weighted by Crippen LogP contribution is -2.38. The van der Waals surface area contributed by atoms with E-state index in [0.717, 1.165) is 12.8 Å². The highest BCUT2D eigenvalue weighted by molar-refractivity contribution is 5.78. The summed E-state index contributed by atoms with van der Waals surface area (Å²) in [5.41, 5.74) is 6.04. The fourth-order valence-electron chi connectivity index (χ4n) is 2.23. The molecule has 0 spiro atoms. The SMILES string of the molecule is CC(C)CCCC(C)NC(N)=NCC(O)c1ccccc1F. The van der Waals surface area contributed by atoms with Crippen LogP contribution in [0.15, 0.2) is 29.3 Å². The van der Waals surface area contributed by atoms with Crippen LogP contribution in [0.25, 0.3) is 0 Å². The van der Waals surface area contributed by atoms with E-state index in [1.165, 1.54) is 12.5 Å². The Morgan fingerprint density at radius 1 is 1.27 bits per heavy atom. The van der Waals surface area contributed by atoms with Crippen molar-refractivity contribution in [2.75, 3.05) is 6.54 Å². The highest BCUT2D eigenvalue weighted by atomic mass is 19.1. The maximum absolute atomic E-state index is 13.5. The van der Waals surface area contributed by atoms with Crippen molar-refractivity contribution < 1.29 is 9.50 Å². The normalized spacial score (nSPS) is 14.9. The number of nitrogens with one attached hydrogen (secondary N) is 1. The molecular weight excluding hydrogens is 281 g/mol. The Labute approximate surface area is 132 Å².